The summed E-state index contributed by atoms with van der Waals surface area (Å²) >= 11 is 2.55. The van der Waals surface area contributed by atoms with Crippen molar-refractivity contribution in [2.24, 2.45) is 10.7 Å². The van der Waals surface area contributed by atoms with Crippen molar-refractivity contribution in [1.82, 2.24) is 10.2 Å². The lowest BCUT2D eigenvalue weighted by molar-refractivity contribution is 0.397. The van der Waals surface area contributed by atoms with Gasteiger partial charge in [0.2, 0.25) is 0 Å². The van der Waals surface area contributed by atoms with Crippen molar-refractivity contribution in [3.8, 4) is 0 Å². The Hall–Kier alpha value is -0.250. The molecule has 1 aromatic rings. The zero-order valence-corrected chi connectivity index (χ0v) is 18.4. The maximum atomic E-state index is 10.3. The van der Waals surface area contributed by atoms with Gasteiger partial charge in [0.05, 0.1) is 6.04 Å². The van der Waals surface area contributed by atoms with Crippen LogP contribution >= 0.6 is 42.3 Å². The van der Waals surface area contributed by atoms with E-state index >= 15 is 0 Å². The lowest BCUT2D eigenvalue weighted by atomic mass is 10.1. The minimum atomic E-state index is -3.87. The van der Waals surface area contributed by atoms with E-state index in [9.17, 15) is 4.57 Å². The number of benzene rings is 1. The number of rotatable bonds is 8. The van der Waals surface area contributed by atoms with Crippen molar-refractivity contribution in [3.63, 3.8) is 0 Å². The molecular formula is C16H28ClN4O3PS2. The average molecular weight is 455 g/mol. The zero-order chi connectivity index (χ0) is 18.8. The van der Waals surface area contributed by atoms with E-state index in [0.29, 0.717) is 36.3 Å². The van der Waals surface area contributed by atoms with Gasteiger partial charge in [-0.05, 0) is 36.5 Å². The molecule has 1 aromatic carbocycles. The summed E-state index contributed by atoms with van der Waals surface area (Å²) < 4.78 is 10.3. The molecule has 1 fully saturated rings. The molecule has 154 valence electrons. The first-order chi connectivity index (χ1) is 12.5. The van der Waals surface area contributed by atoms with Crippen LogP contribution in [-0.2, 0) is 4.57 Å². The van der Waals surface area contributed by atoms with Gasteiger partial charge in [-0.2, -0.15) is 0 Å². The summed E-state index contributed by atoms with van der Waals surface area (Å²) in [6.07, 6.45) is 0.889. The van der Waals surface area contributed by atoms with Gasteiger partial charge in [-0.25, -0.2) is 4.57 Å². The molecule has 0 unspecified atom stereocenters. The number of nitrogens with two attached hydrogens (primary N) is 1. The third-order valence-electron chi connectivity index (χ3n) is 3.80. The second-order valence-corrected chi connectivity index (χ2v) is 10.8. The fourth-order valence-corrected chi connectivity index (χ4v) is 5.05. The second kappa shape index (κ2) is 13.1. The molecule has 0 spiro atoms. The standard InChI is InChI=1S/C11H12N2S.C5H15N2O3PS.ClH/c1-2-4-9(5-3-1)10-8-13-6-7-14-11(13)12-10;6-2-1-3-7-4-5-12-11(8,9)10;/h1-5,10H,6-8H2;7H,1-6H2,(H2,8,9,10);1H/t10-;;/m1../s1. The van der Waals surface area contributed by atoms with E-state index in [1.165, 1.54) is 23.0 Å². The van der Waals surface area contributed by atoms with E-state index < -0.39 is 6.80 Å². The van der Waals surface area contributed by atoms with Gasteiger partial charge in [0, 0.05) is 31.1 Å². The zero-order valence-electron chi connectivity index (χ0n) is 15.1. The van der Waals surface area contributed by atoms with Crippen LogP contribution in [-0.4, -0.2) is 64.1 Å². The molecule has 0 aromatic heterocycles. The number of fused-ring (bicyclic) bond motifs is 1. The first kappa shape index (κ1) is 24.8. The molecular weight excluding hydrogens is 427 g/mol. The molecule has 2 heterocycles. The summed E-state index contributed by atoms with van der Waals surface area (Å²) in [6, 6.07) is 10.9. The topological polar surface area (TPSA) is 111 Å². The lowest BCUT2D eigenvalue weighted by Crippen LogP contribution is -2.21. The maximum Gasteiger partial charge on any atom is 0.384 e. The van der Waals surface area contributed by atoms with Crippen LogP contribution in [0, 0.1) is 0 Å². The summed E-state index contributed by atoms with van der Waals surface area (Å²) in [4.78, 5) is 24.0. The van der Waals surface area contributed by atoms with Gasteiger partial charge in [0.1, 0.15) is 0 Å². The molecule has 2 aliphatic rings. The van der Waals surface area contributed by atoms with Crippen molar-refractivity contribution >= 4 is 47.5 Å². The molecule has 1 saturated heterocycles. The molecule has 0 bridgehead atoms. The Morgan fingerprint density at radius 2 is 2.07 bits per heavy atom. The molecule has 0 radical (unpaired) electrons. The van der Waals surface area contributed by atoms with Gasteiger partial charge in [-0.15, -0.1) is 12.4 Å². The maximum absolute atomic E-state index is 10.3. The third kappa shape index (κ3) is 9.67. The highest BCUT2D eigenvalue weighted by Gasteiger charge is 2.29. The Morgan fingerprint density at radius 1 is 1.33 bits per heavy atom. The largest absolute Gasteiger partial charge is 0.384 e. The first-order valence-electron chi connectivity index (χ1n) is 8.61. The van der Waals surface area contributed by atoms with Gasteiger partial charge < -0.3 is 25.7 Å². The monoisotopic (exact) mass is 454 g/mol. The van der Waals surface area contributed by atoms with Gasteiger partial charge in [-0.1, -0.05) is 42.1 Å². The molecule has 11 heteroatoms. The van der Waals surface area contributed by atoms with Crippen molar-refractivity contribution in [2.75, 3.05) is 44.2 Å². The van der Waals surface area contributed by atoms with Gasteiger partial charge >= 0.3 is 6.80 Å². The highest BCUT2D eigenvalue weighted by molar-refractivity contribution is 8.54. The number of nitrogens with zero attached hydrogens (tertiary/aromatic N) is 2. The highest BCUT2D eigenvalue weighted by atomic mass is 35.5. The Morgan fingerprint density at radius 3 is 2.70 bits per heavy atom. The smallest absolute Gasteiger partial charge is 0.348 e. The summed E-state index contributed by atoms with van der Waals surface area (Å²) in [6.45, 7) is 0.428. The summed E-state index contributed by atoms with van der Waals surface area (Å²) in [5.74, 6) is 1.63. The molecule has 1 atom stereocenters. The van der Waals surface area contributed by atoms with Crippen LogP contribution in [0.1, 0.15) is 18.0 Å². The third-order valence-corrected chi connectivity index (χ3v) is 7.09. The van der Waals surface area contributed by atoms with Crippen LogP contribution in [0.15, 0.2) is 35.3 Å². The van der Waals surface area contributed by atoms with E-state index in [1.54, 1.807) is 0 Å². The summed E-state index contributed by atoms with van der Waals surface area (Å²) in [7, 11) is 0. The molecule has 0 aliphatic carbocycles. The molecule has 7 nitrogen and oxygen atoms in total. The Bertz CT molecular complexity index is 621. The average Bonchev–Trinajstić information content (AvgIpc) is 3.20. The Kier molecular flexibility index (Phi) is 12.0. The molecule has 2 aliphatic heterocycles. The van der Waals surface area contributed by atoms with Gasteiger partial charge in [0.15, 0.2) is 5.17 Å². The number of hydrogen-bond donors (Lipinski definition) is 4. The minimum Gasteiger partial charge on any atom is -0.348 e. The molecule has 27 heavy (non-hydrogen) atoms. The predicted molar refractivity (Wildman–Crippen MR) is 119 cm³/mol. The predicted octanol–water partition coefficient (Wildman–Crippen LogP) is 2.32. The number of amidine groups is 1. The van der Waals surface area contributed by atoms with E-state index in [1.807, 2.05) is 11.8 Å². The number of aliphatic imine (C=N–C) groups is 1. The van der Waals surface area contributed by atoms with Crippen LogP contribution in [0.5, 0.6) is 0 Å². The van der Waals surface area contributed by atoms with E-state index in [4.69, 9.17) is 20.5 Å². The van der Waals surface area contributed by atoms with Gasteiger partial charge in [0.25, 0.3) is 0 Å². The van der Waals surface area contributed by atoms with E-state index in [0.717, 1.165) is 19.5 Å². The molecule has 0 amide bonds. The number of hydrogen-bond acceptors (Lipinski definition) is 7. The highest BCUT2D eigenvalue weighted by Crippen LogP contribution is 2.49. The fourth-order valence-electron chi connectivity index (χ4n) is 2.55. The van der Waals surface area contributed by atoms with Crippen LogP contribution in [0.2, 0.25) is 0 Å². The SMILES string of the molecule is Cl.NCCCNCCSP(=O)(O)O.c1ccc([C@H]2CN3CCSC3=N2)cc1. The minimum absolute atomic E-state index is 0. The van der Waals surface area contributed by atoms with Gasteiger partial charge in [-0.3, -0.25) is 4.99 Å². The molecule has 0 saturated carbocycles. The van der Waals surface area contributed by atoms with E-state index in [2.05, 4.69) is 40.5 Å². The van der Waals surface area contributed by atoms with E-state index in [-0.39, 0.29) is 12.4 Å². The quantitative estimate of drug-likeness (QED) is 0.350. The van der Waals surface area contributed by atoms with Crippen LogP contribution in [0.3, 0.4) is 0 Å². The summed E-state index contributed by atoms with van der Waals surface area (Å²) in [5, 5.41) is 4.26. The molecule has 3 rings (SSSR count). The van der Waals surface area contributed by atoms with Crippen LogP contribution in [0.25, 0.3) is 0 Å². The van der Waals surface area contributed by atoms with Crippen molar-refractivity contribution in [3.05, 3.63) is 35.9 Å². The first-order valence-corrected chi connectivity index (χ1v) is 12.8. The number of nitrogens with one attached hydrogen (secondary N) is 1. The van der Waals surface area contributed by atoms with Crippen LogP contribution < -0.4 is 11.1 Å². The second-order valence-electron chi connectivity index (χ2n) is 5.85. The normalized spacial score (nSPS) is 18.3. The Balaban J connectivity index is 0.000000265. The number of halogens is 1. The fraction of sp³-hybridized carbons (Fsp3) is 0.562. The molecule has 5 N–H and O–H groups in total. The summed E-state index contributed by atoms with van der Waals surface area (Å²) in [5.41, 5.74) is 6.59. The number of thioether (sulfide) groups is 1. The van der Waals surface area contributed by atoms with Crippen molar-refractivity contribution < 1.29 is 14.4 Å². The van der Waals surface area contributed by atoms with Crippen molar-refractivity contribution in [1.29, 1.82) is 0 Å². The lowest BCUT2D eigenvalue weighted by Gasteiger charge is -2.12. The van der Waals surface area contributed by atoms with Crippen LogP contribution in [0.4, 0.5) is 0 Å². The van der Waals surface area contributed by atoms with Crippen molar-refractivity contribution in [2.45, 2.75) is 12.5 Å². The Labute approximate surface area is 175 Å².